The summed E-state index contributed by atoms with van der Waals surface area (Å²) >= 11 is 0. The number of hydrogen-bond donors (Lipinski definition) is 1. The van der Waals surface area contributed by atoms with Crippen molar-refractivity contribution in [3.05, 3.63) is 54.5 Å². The molecule has 3 aromatic heterocycles. The number of anilines is 1. The second kappa shape index (κ2) is 6.75. The van der Waals surface area contributed by atoms with Gasteiger partial charge in [-0.1, -0.05) is 5.16 Å². The van der Waals surface area contributed by atoms with Gasteiger partial charge < -0.3 is 14.3 Å². The zero-order valence-electron chi connectivity index (χ0n) is 14.0. The highest BCUT2D eigenvalue weighted by atomic mass is 16.5. The normalized spacial score (nSPS) is 11.0. The molecule has 4 aromatic rings. The smallest absolute Gasteiger partial charge is 0.227 e. The van der Waals surface area contributed by atoms with Gasteiger partial charge in [-0.25, -0.2) is 4.98 Å². The maximum atomic E-state index is 12.2. The van der Waals surface area contributed by atoms with Crippen molar-refractivity contribution in [3.63, 3.8) is 0 Å². The van der Waals surface area contributed by atoms with Crippen molar-refractivity contribution in [1.82, 2.24) is 20.1 Å². The number of amides is 1. The van der Waals surface area contributed by atoms with Gasteiger partial charge >= 0.3 is 0 Å². The van der Waals surface area contributed by atoms with Crippen LogP contribution in [0.1, 0.15) is 18.2 Å². The largest absolute Gasteiger partial charge is 0.441 e. The molecule has 1 aromatic carbocycles. The number of carbonyl (C=O) groups excluding carboxylic acids is 1. The van der Waals surface area contributed by atoms with Gasteiger partial charge in [0.15, 0.2) is 11.5 Å². The molecule has 0 bridgehead atoms. The van der Waals surface area contributed by atoms with Crippen molar-refractivity contribution in [2.24, 2.45) is 0 Å². The lowest BCUT2D eigenvalue weighted by Gasteiger charge is -2.03. The first kappa shape index (κ1) is 15.9. The molecule has 3 heterocycles. The van der Waals surface area contributed by atoms with E-state index < -0.39 is 0 Å². The van der Waals surface area contributed by atoms with E-state index in [0.29, 0.717) is 40.8 Å². The van der Waals surface area contributed by atoms with Crippen molar-refractivity contribution >= 4 is 22.7 Å². The minimum Gasteiger partial charge on any atom is -0.441 e. The molecule has 0 aliphatic carbocycles. The zero-order chi connectivity index (χ0) is 17.9. The van der Waals surface area contributed by atoms with E-state index in [4.69, 9.17) is 8.94 Å². The number of nitrogens with zero attached hydrogens (tertiary/aromatic N) is 4. The van der Waals surface area contributed by atoms with E-state index in [1.165, 1.54) is 0 Å². The standard InChI is InChI=1S/C18H15N5O3/c1-11-20-14-10-13(2-3-15(14)25-11)21-16(24)4-5-17-22-18(23-26-17)12-6-8-19-9-7-12/h2-3,6-10H,4-5H2,1H3,(H,21,24). The van der Waals surface area contributed by atoms with Crippen LogP contribution in [0.3, 0.4) is 0 Å². The molecule has 1 amide bonds. The molecule has 0 fully saturated rings. The number of nitrogens with one attached hydrogen (secondary N) is 1. The predicted octanol–water partition coefficient (Wildman–Crippen LogP) is 3.15. The van der Waals surface area contributed by atoms with Crippen LogP contribution in [0.4, 0.5) is 5.69 Å². The fourth-order valence-corrected chi connectivity index (χ4v) is 2.54. The first-order valence-corrected chi connectivity index (χ1v) is 8.07. The van der Waals surface area contributed by atoms with Crippen LogP contribution in [0, 0.1) is 6.92 Å². The Balaban J connectivity index is 1.37. The van der Waals surface area contributed by atoms with Gasteiger partial charge in [0.05, 0.1) is 0 Å². The minimum atomic E-state index is -0.145. The highest BCUT2D eigenvalue weighted by molar-refractivity contribution is 5.92. The summed E-state index contributed by atoms with van der Waals surface area (Å²) in [4.78, 5) is 24.6. The van der Waals surface area contributed by atoms with Crippen molar-refractivity contribution in [2.75, 3.05) is 5.32 Å². The Morgan fingerprint density at radius 2 is 2.00 bits per heavy atom. The summed E-state index contributed by atoms with van der Waals surface area (Å²) < 4.78 is 10.6. The lowest BCUT2D eigenvalue weighted by Crippen LogP contribution is -2.12. The number of hydrogen-bond acceptors (Lipinski definition) is 7. The van der Waals surface area contributed by atoms with Crippen molar-refractivity contribution in [2.45, 2.75) is 19.8 Å². The van der Waals surface area contributed by atoms with Gasteiger partial charge in [-0.2, -0.15) is 4.98 Å². The molecule has 130 valence electrons. The van der Waals surface area contributed by atoms with Gasteiger partial charge in [-0.3, -0.25) is 9.78 Å². The van der Waals surface area contributed by atoms with E-state index >= 15 is 0 Å². The summed E-state index contributed by atoms with van der Waals surface area (Å²) in [5.74, 6) is 1.34. The van der Waals surface area contributed by atoms with Crippen LogP contribution in [0.15, 0.2) is 51.7 Å². The molecule has 0 saturated carbocycles. The molecule has 1 N–H and O–H groups in total. The number of aryl methyl sites for hydroxylation is 2. The molecular weight excluding hydrogens is 334 g/mol. The van der Waals surface area contributed by atoms with Gasteiger partial charge in [0.1, 0.15) is 5.52 Å². The quantitative estimate of drug-likeness (QED) is 0.589. The van der Waals surface area contributed by atoms with E-state index in [-0.39, 0.29) is 12.3 Å². The first-order chi connectivity index (χ1) is 12.7. The van der Waals surface area contributed by atoms with Gasteiger partial charge in [0, 0.05) is 43.4 Å². The predicted molar refractivity (Wildman–Crippen MR) is 93.2 cm³/mol. The number of aromatic nitrogens is 4. The molecule has 0 saturated heterocycles. The van der Waals surface area contributed by atoms with Crippen LogP contribution < -0.4 is 5.32 Å². The van der Waals surface area contributed by atoms with Crippen LogP contribution in [0.2, 0.25) is 0 Å². The molecule has 0 radical (unpaired) electrons. The lowest BCUT2D eigenvalue weighted by atomic mass is 10.2. The van der Waals surface area contributed by atoms with E-state index in [1.54, 1.807) is 49.6 Å². The molecule has 26 heavy (non-hydrogen) atoms. The highest BCUT2D eigenvalue weighted by Gasteiger charge is 2.11. The second-order valence-electron chi connectivity index (χ2n) is 5.71. The molecule has 0 spiro atoms. The monoisotopic (exact) mass is 349 g/mol. The maximum Gasteiger partial charge on any atom is 0.227 e. The summed E-state index contributed by atoms with van der Waals surface area (Å²) in [6, 6.07) is 8.92. The number of benzene rings is 1. The fourth-order valence-electron chi connectivity index (χ4n) is 2.54. The number of rotatable bonds is 5. The van der Waals surface area contributed by atoms with Gasteiger partial charge in [0.25, 0.3) is 0 Å². The summed E-state index contributed by atoms with van der Waals surface area (Å²) in [6.45, 7) is 1.78. The molecule has 0 aliphatic rings. The number of pyridine rings is 1. The molecule has 8 nitrogen and oxygen atoms in total. The zero-order valence-corrected chi connectivity index (χ0v) is 14.0. The average molecular weight is 349 g/mol. The first-order valence-electron chi connectivity index (χ1n) is 8.07. The Morgan fingerprint density at radius 1 is 1.15 bits per heavy atom. The Morgan fingerprint density at radius 3 is 2.85 bits per heavy atom. The van der Waals surface area contributed by atoms with Crippen LogP contribution in [-0.2, 0) is 11.2 Å². The van der Waals surface area contributed by atoms with Crippen LogP contribution in [-0.4, -0.2) is 26.0 Å². The number of fused-ring (bicyclic) bond motifs is 1. The van der Waals surface area contributed by atoms with Crippen LogP contribution in [0.25, 0.3) is 22.5 Å². The summed E-state index contributed by atoms with van der Waals surface area (Å²) in [5, 5.41) is 6.75. The van der Waals surface area contributed by atoms with Crippen LogP contribution >= 0.6 is 0 Å². The van der Waals surface area contributed by atoms with Crippen molar-refractivity contribution < 1.29 is 13.7 Å². The summed E-state index contributed by atoms with van der Waals surface area (Å²) in [6.07, 6.45) is 3.90. The summed E-state index contributed by atoms with van der Waals surface area (Å²) in [5.41, 5.74) is 2.88. The third-order valence-electron chi connectivity index (χ3n) is 3.75. The Hall–Kier alpha value is -3.55. The SMILES string of the molecule is Cc1nc2cc(NC(=O)CCc3nc(-c4ccncc4)no3)ccc2o1. The molecular formula is C18H15N5O3. The Kier molecular flexibility index (Phi) is 4.14. The van der Waals surface area contributed by atoms with Crippen molar-refractivity contribution in [3.8, 4) is 11.4 Å². The van der Waals surface area contributed by atoms with Crippen LogP contribution in [0.5, 0.6) is 0 Å². The molecule has 0 aliphatic heterocycles. The third-order valence-corrected chi connectivity index (χ3v) is 3.75. The van der Waals surface area contributed by atoms with Gasteiger partial charge in [0.2, 0.25) is 17.6 Å². The van der Waals surface area contributed by atoms with Gasteiger partial charge in [-0.05, 0) is 30.3 Å². The topological polar surface area (TPSA) is 107 Å². The Bertz CT molecular complexity index is 1060. The second-order valence-corrected chi connectivity index (χ2v) is 5.71. The van der Waals surface area contributed by atoms with Gasteiger partial charge in [-0.15, -0.1) is 0 Å². The maximum absolute atomic E-state index is 12.2. The minimum absolute atomic E-state index is 0.145. The molecule has 4 rings (SSSR count). The number of carbonyl (C=O) groups is 1. The van der Waals surface area contributed by atoms with E-state index in [2.05, 4.69) is 25.4 Å². The molecule has 0 unspecified atom stereocenters. The summed E-state index contributed by atoms with van der Waals surface area (Å²) in [7, 11) is 0. The van der Waals surface area contributed by atoms with Crippen molar-refractivity contribution in [1.29, 1.82) is 0 Å². The Labute approximate surface area is 148 Å². The fraction of sp³-hybridized carbons (Fsp3) is 0.167. The highest BCUT2D eigenvalue weighted by Crippen LogP contribution is 2.20. The lowest BCUT2D eigenvalue weighted by molar-refractivity contribution is -0.116. The average Bonchev–Trinajstić information content (AvgIpc) is 3.26. The van der Waals surface area contributed by atoms with E-state index in [0.717, 1.165) is 5.56 Å². The third kappa shape index (κ3) is 3.44. The molecule has 0 atom stereocenters. The van der Waals surface area contributed by atoms with E-state index in [1.807, 2.05) is 0 Å². The molecule has 8 heteroatoms. The van der Waals surface area contributed by atoms with E-state index in [9.17, 15) is 4.79 Å². The number of oxazole rings is 1.